The van der Waals surface area contributed by atoms with E-state index in [1.807, 2.05) is 0 Å². The first-order valence-corrected chi connectivity index (χ1v) is 2.51. The summed E-state index contributed by atoms with van der Waals surface area (Å²) in [4.78, 5) is 0. The molecule has 0 spiro atoms. The maximum absolute atomic E-state index is 8.52. The maximum Gasteiger partial charge on any atom is 0.112 e. The van der Waals surface area contributed by atoms with Gasteiger partial charge in [-0.05, 0) is 6.92 Å². The fourth-order valence-electron chi connectivity index (χ4n) is 0.260. The molecular formula is C5H11O3. The third-order valence-corrected chi connectivity index (χ3v) is 0.502. The van der Waals surface area contributed by atoms with Crippen molar-refractivity contribution in [3.8, 4) is 0 Å². The van der Waals surface area contributed by atoms with Crippen molar-refractivity contribution in [3.63, 3.8) is 0 Å². The number of hydrogen-bond donors (Lipinski definition) is 2. The zero-order valence-electron chi connectivity index (χ0n) is 4.87. The lowest BCUT2D eigenvalue weighted by Crippen LogP contribution is -2.06. The Kier molecular flexibility index (Phi) is 4.95. The SMILES string of the molecule is CC(O)[CH]OCCO. The van der Waals surface area contributed by atoms with Gasteiger partial charge in [-0.25, -0.2) is 0 Å². The van der Waals surface area contributed by atoms with Crippen LogP contribution in [-0.4, -0.2) is 29.5 Å². The van der Waals surface area contributed by atoms with Gasteiger partial charge in [0.05, 0.1) is 19.3 Å². The summed E-state index contributed by atoms with van der Waals surface area (Å²) in [6, 6.07) is 0. The Hall–Kier alpha value is -0.120. The normalized spacial score (nSPS) is 13.9. The molecular weight excluding hydrogens is 108 g/mol. The van der Waals surface area contributed by atoms with Crippen LogP contribution in [0.5, 0.6) is 0 Å². The van der Waals surface area contributed by atoms with E-state index in [-0.39, 0.29) is 13.2 Å². The van der Waals surface area contributed by atoms with Crippen LogP contribution in [0.4, 0.5) is 0 Å². The molecule has 0 heterocycles. The van der Waals surface area contributed by atoms with Gasteiger partial charge in [0.15, 0.2) is 0 Å². The van der Waals surface area contributed by atoms with Gasteiger partial charge in [0, 0.05) is 0 Å². The molecule has 8 heavy (non-hydrogen) atoms. The molecule has 1 radical (unpaired) electrons. The zero-order valence-corrected chi connectivity index (χ0v) is 4.87. The minimum Gasteiger partial charge on any atom is -0.394 e. The van der Waals surface area contributed by atoms with Gasteiger partial charge in [-0.1, -0.05) is 0 Å². The Bertz CT molecular complexity index is 44.9. The molecule has 0 saturated heterocycles. The van der Waals surface area contributed by atoms with E-state index in [9.17, 15) is 0 Å². The van der Waals surface area contributed by atoms with Gasteiger partial charge in [-0.3, -0.25) is 0 Å². The molecule has 0 rings (SSSR count). The second-order valence-electron chi connectivity index (χ2n) is 1.47. The van der Waals surface area contributed by atoms with E-state index in [0.717, 1.165) is 0 Å². The van der Waals surface area contributed by atoms with Crippen molar-refractivity contribution in [2.45, 2.75) is 13.0 Å². The Morgan fingerprint density at radius 1 is 1.75 bits per heavy atom. The first-order chi connectivity index (χ1) is 3.77. The summed E-state index contributed by atoms with van der Waals surface area (Å²) in [6.45, 7) is 3.10. The largest absolute Gasteiger partial charge is 0.394 e. The average Bonchev–Trinajstić information content (AvgIpc) is 1.66. The van der Waals surface area contributed by atoms with Crippen LogP contribution in [-0.2, 0) is 4.74 Å². The molecule has 0 fully saturated rings. The van der Waals surface area contributed by atoms with E-state index < -0.39 is 6.10 Å². The van der Waals surface area contributed by atoms with E-state index in [4.69, 9.17) is 10.2 Å². The number of aliphatic hydroxyl groups is 2. The molecule has 0 aliphatic heterocycles. The lowest BCUT2D eigenvalue weighted by Gasteiger charge is -2.01. The summed E-state index contributed by atoms with van der Waals surface area (Å²) in [7, 11) is 0. The van der Waals surface area contributed by atoms with Crippen LogP contribution in [0.25, 0.3) is 0 Å². The summed E-state index contributed by atoms with van der Waals surface area (Å²) >= 11 is 0. The van der Waals surface area contributed by atoms with E-state index in [1.54, 1.807) is 6.92 Å². The first-order valence-electron chi connectivity index (χ1n) is 2.51. The van der Waals surface area contributed by atoms with Crippen LogP contribution >= 0.6 is 0 Å². The van der Waals surface area contributed by atoms with Crippen molar-refractivity contribution in [1.29, 1.82) is 0 Å². The summed E-state index contributed by atoms with van der Waals surface area (Å²) in [6.07, 6.45) is -0.554. The highest BCUT2D eigenvalue weighted by atomic mass is 16.5. The third kappa shape index (κ3) is 5.88. The number of aliphatic hydroxyl groups excluding tert-OH is 2. The lowest BCUT2D eigenvalue weighted by atomic mass is 10.4. The van der Waals surface area contributed by atoms with E-state index in [0.29, 0.717) is 0 Å². The van der Waals surface area contributed by atoms with E-state index in [1.165, 1.54) is 6.61 Å². The van der Waals surface area contributed by atoms with Gasteiger partial charge < -0.3 is 14.9 Å². The summed E-state index contributed by atoms with van der Waals surface area (Å²) in [5.41, 5.74) is 0. The van der Waals surface area contributed by atoms with Crippen molar-refractivity contribution in [2.24, 2.45) is 0 Å². The highest BCUT2D eigenvalue weighted by Gasteiger charge is 1.93. The average molecular weight is 119 g/mol. The monoisotopic (exact) mass is 119 g/mol. The molecule has 0 aliphatic carbocycles. The van der Waals surface area contributed by atoms with Crippen molar-refractivity contribution in [2.75, 3.05) is 13.2 Å². The van der Waals surface area contributed by atoms with Gasteiger partial charge in [-0.15, -0.1) is 0 Å². The van der Waals surface area contributed by atoms with Gasteiger partial charge in [0.1, 0.15) is 6.61 Å². The Balaban J connectivity index is 2.72. The smallest absolute Gasteiger partial charge is 0.112 e. The molecule has 3 heteroatoms. The number of hydrogen-bond acceptors (Lipinski definition) is 3. The second-order valence-corrected chi connectivity index (χ2v) is 1.47. The van der Waals surface area contributed by atoms with Crippen LogP contribution in [0.3, 0.4) is 0 Å². The van der Waals surface area contributed by atoms with Crippen LogP contribution in [0, 0.1) is 6.61 Å². The van der Waals surface area contributed by atoms with E-state index in [2.05, 4.69) is 4.74 Å². The third-order valence-electron chi connectivity index (χ3n) is 0.502. The summed E-state index contributed by atoms with van der Waals surface area (Å²) in [5, 5.41) is 16.7. The van der Waals surface area contributed by atoms with Crippen molar-refractivity contribution in [3.05, 3.63) is 6.61 Å². The second kappa shape index (κ2) is 5.03. The molecule has 0 aromatic rings. The molecule has 3 nitrogen and oxygen atoms in total. The van der Waals surface area contributed by atoms with Crippen LogP contribution in [0.1, 0.15) is 6.92 Å². The summed E-state index contributed by atoms with van der Waals surface area (Å²) in [5.74, 6) is 0. The molecule has 2 N–H and O–H groups in total. The molecule has 0 aromatic carbocycles. The molecule has 1 unspecified atom stereocenters. The summed E-state index contributed by atoms with van der Waals surface area (Å²) < 4.78 is 4.62. The fraction of sp³-hybridized carbons (Fsp3) is 0.800. The molecule has 0 bridgehead atoms. The van der Waals surface area contributed by atoms with Gasteiger partial charge in [0.2, 0.25) is 0 Å². The van der Waals surface area contributed by atoms with Crippen LogP contribution in [0.15, 0.2) is 0 Å². The standard InChI is InChI=1S/C5H11O3/c1-5(7)4-8-3-2-6/h4-7H,2-3H2,1H3. The minimum absolute atomic E-state index is 0.0107. The molecule has 0 amide bonds. The van der Waals surface area contributed by atoms with Crippen molar-refractivity contribution in [1.82, 2.24) is 0 Å². The predicted molar refractivity (Wildman–Crippen MR) is 29.0 cm³/mol. The lowest BCUT2D eigenvalue weighted by molar-refractivity contribution is 0.0789. The van der Waals surface area contributed by atoms with Crippen LogP contribution < -0.4 is 0 Å². The fourth-order valence-corrected chi connectivity index (χ4v) is 0.260. The van der Waals surface area contributed by atoms with Gasteiger partial charge >= 0.3 is 0 Å². The molecule has 0 aliphatic rings. The van der Waals surface area contributed by atoms with Gasteiger partial charge in [-0.2, -0.15) is 0 Å². The van der Waals surface area contributed by atoms with Crippen molar-refractivity contribution < 1.29 is 14.9 Å². The quantitative estimate of drug-likeness (QED) is 0.492. The van der Waals surface area contributed by atoms with E-state index >= 15 is 0 Å². The van der Waals surface area contributed by atoms with Gasteiger partial charge in [0.25, 0.3) is 0 Å². The Labute approximate surface area is 48.9 Å². The molecule has 1 atom stereocenters. The Morgan fingerprint density at radius 3 is 2.75 bits per heavy atom. The topological polar surface area (TPSA) is 49.7 Å². The highest BCUT2D eigenvalue weighted by Crippen LogP contribution is 1.87. The Morgan fingerprint density at radius 2 is 2.38 bits per heavy atom. The minimum atomic E-state index is -0.554. The zero-order chi connectivity index (χ0) is 6.41. The number of ether oxygens (including phenoxy) is 1. The molecule has 0 aromatic heterocycles. The maximum atomic E-state index is 8.52. The van der Waals surface area contributed by atoms with Crippen molar-refractivity contribution >= 4 is 0 Å². The number of rotatable bonds is 4. The molecule has 49 valence electrons. The first kappa shape index (κ1) is 7.88. The van der Waals surface area contributed by atoms with Crippen LogP contribution in [0.2, 0.25) is 0 Å². The highest BCUT2D eigenvalue weighted by molar-refractivity contribution is 4.56. The molecule has 0 saturated carbocycles. The predicted octanol–water partition coefficient (Wildman–Crippen LogP) is -0.462.